The summed E-state index contributed by atoms with van der Waals surface area (Å²) in [5.41, 5.74) is 0. The molecule has 0 aromatic rings. The summed E-state index contributed by atoms with van der Waals surface area (Å²) < 4.78 is 5.50. The average Bonchev–Trinajstić information content (AvgIpc) is 2.88. The lowest BCUT2D eigenvalue weighted by atomic mass is 10.0. The zero-order valence-corrected chi connectivity index (χ0v) is 11.7. The highest BCUT2D eigenvalue weighted by molar-refractivity contribution is 5.85. The highest BCUT2D eigenvalue weighted by Gasteiger charge is 2.39. The van der Waals surface area contributed by atoms with Crippen molar-refractivity contribution >= 4 is 18.3 Å². The first-order valence-electron chi connectivity index (χ1n) is 6.44. The molecule has 104 valence electrons. The van der Waals surface area contributed by atoms with Gasteiger partial charge in [-0.05, 0) is 25.2 Å². The monoisotopic (exact) mass is 274 g/mol. The van der Waals surface area contributed by atoms with Gasteiger partial charge < -0.3 is 15.0 Å². The number of fused-ring (bicyclic) bond motifs is 1. The van der Waals surface area contributed by atoms with Crippen molar-refractivity contribution in [3.63, 3.8) is 0 Å². The molecule has 0 aromatic heterocycles. The number of hydrogen-bond acceptors (Lipinski definition) is 3. The summed E-state index contributed by atoms with van der Waals surface area (Å²) in [7, 11) is 0. The minimum Gasteiger partial charge on any atom is -0.368 e. The molecule has 2 aliphatic heterocycles. The molecule has 0 aromatic carbocycles. The highest BCUT2D eigenvalue weighted by Crippen LogP contribution is 2.26. The van der Waals surface area contributed by atoms with Crippen molar-refractivity contribution in [3.05, 3.63) is 12.7 Å². The first kappa shape index (κ1) is 15.5. The topological polar surface area (TPSA) is 41.6 Å². The van der Waals surface area contributed by atoms with Crippen molar-refractivity contribution in [1.82, 2.24) is 10.2 Å². The van der Waals surface area contributed by atoms with E-state index < -0.39 is 0 Å². The fraction of sp³-hybridized carbons (Fsp3) is 0.769. The number of halogens is 1. The van der Waals surface area contributed by atoms with Crippen molar-refractivity contribution in [1.29, 1.82) is 0 Å². The molecule has 4 nitrogen and oxygen atoms in total. The maximum Gasteiger partial charge on any atom is 0.251 e. The summed E-state index contributed by atoms with van der Waals surface area (Å²) >= 11 is 0. The van der Waals surface area contributed by atoms with Gasteiger partial charge in [-0.3, -0.25) is 4.79 Å². The van der Waals surface area contributed by atoms with Gasteiger partial charge in [0.1, 0.15) is 6.10 Å². The smallest absolute Gasteiger partial charge is 0.251 e. The van der Waals surface area contributed by atoms with E-state index in [9.17, 15) is 4.79 Å². The molecule has 18 heavy (non-hydrogen) atoms. The van der Waals surface area contributed by atoms with E-state index in [2.05, 4.69) is 11.9 Å². The molecule has 2 aliphatic rings. The van der Waals surface area contributed by atoms with Gasteiger partial charge in [0.25, 0.3) is 5.91 Å². The lowest BCUT2D eigenvalue weighted by Gasteiger charge is -2.21. The summed E-state index contributed by atoms with van der Waals surface area (Å²) in [5.74, 6) is 1.45. The molecule has 0 radical (unpaired) electrons. The van der Waals surface area contributed by atoms with E-state index in [1.165, 1.54) is 0 Å². The molecule has 0 aliphatic carbocycles. The number of likely N-dealkylation sites (tertiary alicyclic amines) is 1. The van der Waals surface area contributed by atoms with E-state index in [1.807, 2.05) is 17.9 Å². The zero-order valence-electron chi connectivity index (χ0n) is 10.9. The van der Waals surface area contributed by atoms with Crippen LogP contribution >= 0.6 is 12.4 Å². The van der Waals surface area contributed by atoms with Gasteiger partial charge >= 0.3 is 0 Å². The Morgan fingerprint density at radius 2 is 2.11 bits per heavy atom. The molecule has 2 saturated heterocycles. The van der Waals surface area contributed by atoms with Crippen molar-refractivity contribution < 1.29 is 9.53 Å². The molecule has 3 atom stereocenters. The van der Waals surface area contributed by atoms with Crippen LogP contribution in [0.15, 0.2) is 12.7 Å². The first-order valence-corrected chi connectivity index (χ1v) is 6.44. The van der Waals surface area contributed by atoms with Gasteiger partial charge in [0, 0.05) is 26.2 Å². The molecule has 0 saturated carbocycles. The molecule has 2 heterocycles. The second-order valence-corrected chi connectivity index (χ2v) is 5.01. The molecule has 2 fully saturated rings. The van der Waals surface area contributed by atoms with Crippen LogP contribution in [0.1, 0.15) is 13.3 Å². The molecular formula is C13H23ClN2O2. The van der Waals surface area contributed by atoms with Crippen molar-refractivity contribution in [2.24, 2.45) is 11.8 Å². The number of ether oxygens (including phenoxy) is 1. The number of carbonyl (C=O) groups excluding carboxylic acids is 1. The van der Waals surface area contributed by atoms with Crippen LogP contribution in [0.2, 0.25) is 0 Å². The van der Waals surface area contributed by atoms with Crippen LogP contribution in [0.4, 0.5) is 0 Å². The third-order valence-electron chi connectivity index (χ3n) is 3.74. The first-order chi connectivity index (χ1) is 8.22. The molecule has 5 heteroatoms. The van der Waals surface area contributed by atoms with E-state index >= 15 is 0 Å². The van der Waals surface area contributed by atoms with Gasteiger partial charge in [0.15, 0.2) is 0 Å². The van der Waals surface area contributed by atoms with E-state index in [1.54, 1.807) is 0 Å². The van der Waals surface area contributed by atoms with Crippen LogP contribution < -0.4 is 5.32 Å². The van der Waals surface area contributed by atoms with Crippen molar-refractivity contribution in [2.75, 3.05) is 32.8 Å². The summed E-state index contributed by atoms with van der Waals surface area (Å²) in [4.78, 5) is 14.1. The predicted molar refractivity (Wildman–Crippen MR) is 73.9 cm³/mol. The summed E-state index contributed by atoms with van der Waals surface area (Å²) in [6, 6.07) is 0. The van der Waals surface area contributed by atoms with Crippen molar-refractivity contribution in [3.8, 4) is 0 Å². The van der Waals surface area contributed by atoms with Gasteiger partial charge in [0.05, 0.1) is 6.61 Å². The normalized spacial score (nSPS) is 27.5. The molecule has 0 spiro atoms. The minimum atomic E-state index is -0.318. The Bertz CT molecular complexity index is 287. The number of amides is 1. The lowest BCUT2D eigenvalue weighted by Crippen LogP contribution is -2.39. The Kier molecular flexibility index (Phi) is 6.12. The Morgan fingerprint density at radius 3 is 2.67 bits per heavy atom. The second-order valence-electron chi connectivity index (χ2n) is 5.01. The van der Waals surface area contributed by atoms with Gasteiger partial charge in [-0.25, -0.2) is 0 Å². The van der Waals surface area contributed by atoms with E-state index in [0.717, 1.165) is 32.6 Å². The quantitative estimate of drug-likeness (QED) is 0.602. The van der Waals surface area contributed by atoms with Crippen molar-refractivity contribution in [2.45, 2.75) is 19.4 Å². The average molecular weight is 275 g/mol. The molecule has 1 amide bonds. The SMILES string of the molecule is C=CCCOC(C)C(=O)N1C[C@H]2CNC[C@H]2C1.Cl. The van der Waals surface area contributed by atoms with Crippen LogP contribution in [0, 0.1) is 11.8 Å². The van der Waals surface area contributed by atoms with Gasteiger partial charge in [0.2, 0.25) is 0 Å². The standard InChI is InChI=1S/C13H22N2O2.ClH/c1-3-4-5-17-10(2)13(16)15-8-11-6-14-7-12(11)9-15;/h3,10-12,14H,1,4-9H2,2H3;1H/t10?,11-,12+;. The van der Waals surface area contributed by atoms with E-state index in [0.29, 0.717) is 18.4 Å². The lowest BCUT2D eigenvalue weighted by molar-refractivity contribution is -0.141. The summed E-state index contributed by atoms with van der Waals surface area (Å²) in [5, 5.41) is 3.37. The Labute approximate surface area is 115 Å². The predicted octanol–water partition coefficient (Wildman–Crippen LogP) is 1.07. The Hall–Kier alpha value is -0.580. The zero-order chi connectivity index (χ0) is 12.3. The Morgan fingerprint density at radius 1 is 1.50 bits per heavy atom. The Balaban J connectivity index is 0.00000162. The maximum atomic E-state index is 12.1. The fourth-order valence-electron chi connectivity index (χ4n) is 2.69. The van der Waals surface area contributed by atoms with Crippen LogP contribution in [-0.2, 0) is 9.53 Å². The third-order valence-corrected chi connectivity index (χ3v) is 3.74. The number of carbonyl (C=O) groups is 1. The number of nitrogens with one attached hydrogen (secondary N) is 1. The van der Waals surface area contributed by atoms with Crippen LogP contribution in [0.5, 0.6) is 0 Å². The molecule has 0 bridgehead atoms. The van der Waals surface area contributed by atoms with E-state index in [-0.39, 0.29) is 24.4 Å². The fourth-order valence-corrected chi connectivity index (χ4v) is 2.69. The largest absolute Gasteiger partial charge is 0.368 e. The molecule has 2 rings (SSSR count). The maximum absolute atomic E-state index is 12.1. The molecular weight excluding hydrogens is 252 g/mol. The number of nitrogens with zero attached hydrogens (tertiary/aromatic N) is 1. The van der Waals surface area contributed by atoms with Gasteiger partial charge in [-0.15, -0.1) is 19.0 Å². The highest BCUT2D eigenvalue weighted by atomic mass is 35.5. The summed E-state index contributed by atoms with van der Waals surface area (Å²) in [6.45, 7) is 9.96. The molecule has 1 N–H and O–H groups in total. The minimum absolute atomic E-state index is 0. The van der Waals surface area contributed by atoms with E-state index in [4.69, 9.17) is 4.74 Å². The summed E-state index contributed by atoms with van der Waals surface area (Å²) in [6.07, 6.45) is 2.29. The van der Waals surface area contributed by atoms with Crippen LogP contribution in [0.3, 0.4) is 0 Å². The van der Waals surface area contributed by atoms with Crippen LogP contribution in [-0.4, -0.2) is 49.7 Å². The molecule has 1 unspecified atom stereocenters. The number of hydrogen-bond donors (Lipinski definition) is 1. The van der Waals surface area contributed by atoms with Crippen LogP contribution in [0.25, 0.3) is 0 Å². The number of rotatable bonds is 5. The van der Waals surface area contributed by atoms with Gasteiger partial charge in [-0.1, -0.05) is 6.08 Å². The third kappa shape index (κ3) is 3.46. The second kappa shape index (κ2) is 7.12. The van der Waals surface area contributed by atoms with Gasteiger partial charge in [-0.2, -0.15) is 0 Å².